The standard InChI is InChI=1S/C20H20N4O/c1-15-8-6-7-9-16(15)13-21-19-12-18(22-14-23-19)20(25)24(2)17-10-4-3-5-11-17/h3-12,14H,13H2,1-2H3,(H,21,22,23). The van der Waals surface area contributed by atoms with E-state index in [4.69, 9.17) is 0 Å². The molecule has 0 saturated heterocycles. The predicted molar refractivity (Wildman–Crippen MR) is 99.7 cm³/mol. The normalized spacial score (nSPS) is 10.3. The Morgan fingerprint density at radius 1 is 1.04 bits per heavy atom. The van der Waals surface area contributed by atoms with Gasteiger partial charge in [-0.1, -0.05) is 42.5 Å². The van der Waals surface area contributed by atoms with E-state index in [1.807, 2.05) is 42.5 Å². The summed E-state index contributed by atoms with van der Waals surface area (Å²) in [4.78, 5) is 22.5. The number of nitrogens with zero attached hydrogens (tertiary/aromatic N) is 3. The summed E-state index contributed by atoms with van der Waals surface area (Å²) in [5, 5.41) is 3.25. The van der Waals surface area contributed by atoms with E-state index in [1.165, 1.54) is 17.5 Å². The number of nitrogens with one attached hydrogen (secondary N) is 1. The fraction of sp³-hybridized carbons (Fsp3) is 0.150. The average molecular weight is 332 g/mol. The Bertz CT molecular complexity index is 864. The summed E-state index contributed by atoms with van der Waals surface area (Å²) in [6.45, 7) is 2.71. The number of amides is 1. The smallest absolute Gasteiger partial charge is 0.276 e. The summed E-state index contributed by atoms with van der Waals surface area (Å²) < 4.78 is 0. The first kappa shape index (κ1) is 16.6. The second-order valence-electron chi connectivity index (χ2n) is 5.77. The van der Waals surface area contributed by atoms with E-state index >= 15 is 0 Å². The summed E-state index contributed by atoms with van der Waals surface area (Å²) in [5.41, 5.74) is 3.58. The third-order valence-corrected chi connectivity index (χ3v) is 4.06. The van der Waals surface area contributed by atoms with E-state index < -0.39 is 0 Å². The van der Waals surface area contributed by atoms with Crippen LogP contribution >= 0.6 is 0 Å². The van der Waals surface area contributed by atoms with Gasteiger partial charge >= 0.3 is 0 Å². The lowest BCUT2D eigenvalue weighted by Gasteiger charge is -2.17. The summed E-state index contributed by atoms with van der Waals surface area (Å²) in [6, 6.07) is 19.3. The van der Waals surface area contributed by atoms with Gasteiger partial charge in [0.25, 0.3) is 5.91 Å². The molecular weight excluding hydrogens is 312 g/mol. The molecule has 0 atom stereocenters. The van der Waals surface area contributed by atoms with Crippen molar-refractivity contribution in [1.29, 1.82) is 0 Å². The molecule has 0 fully saturated rings. The molecule has 5 heteroatoms. The van der Waals surface area contributed by atoms with Crippen LogP contribution in [0.1, 0.15) is 21.6 Å². The summed E-state index contributed by atoms with van der Waals surface area (Å²) >= 11 is 0. The number of rotatable bonds is 5. The first-order valence-corrected chi connectivity index (χ1v) is 8.08. The molecule has 0 radical (unpaired) electrons. The highest BCUT2D eigenvalue weighted by Gasteiger charge is 2.15. The van der Waals surface area contributed by atoms with Crippen LogP contribution in [0.5, 0.6) is 0 Å². The molecule has 2 aromatic carbocycles. The fourth-order valence-corrected chi connectivity index (χ4v) is 2.51. The molecule has 0 bridgehead atoms. The van der Waals surface area contributed by atoms with Crippen molar-refractivity contribution in [1.82, 2.24) is 9.97 Å². The molecule has 0 unspecified atom stereocenters. The molecule has 3 rings (SSSR count). The highest BCUT2D eigenvalue weighted by Crippen LogP contribution is 2.15. The van der Waals surface area contributed by atoms with Crippen LogP contribution in [0.3, 0.4) is 0 Å². The second-order valence-corrected chi connectivity index (χ2v) is 5.77. The van der Waals surface area contributed by atoms with E-state index in [0.29, 0.717) is 18.1 Å². The third-order valence-electron chi connectivity index (χ3n) is 4.06. The molecule has 1 amide bonds. The van der Waals surface area contributed by atoms with Gasteiger partial charge in [0.05, 0.1) is 0 Å². The number of anilines is 2. The Morgan fingerprint density at radius 3 is 2.52 bits per heavy atom. The van der Waals surface area contributed by atoms with Gasteiger partial charge < -0.3 is 10.2 Å². The van der Waals surface area contributed by atoms with E-state index in [9.17, 15) is 4.79 Å². The van der Waals surface area contributed by atoms with Crippen molar-refractivity contribution in [2.45, 2.75) is 13.5 Å². The Morgan fingerprint density at radius 2 is 1.76 bits per heavy atom. The Labute approximate surface area is 147 Å². The van der Waals surface area contributed by atoms with Crippen molar-refractivity contribution in [3.8, 4) is 0 Å². The summed E-state index contributed by atoms with van der Waals surface area (Å²) in [7, 11) is 1.74. The maximum atomic E-state index is 12.6. The van der Waals surface area contributed by atoms with Crippen molar-refractivity contribution < 1.29 is 4.79 Å². The van der Waals surface area contributed by atoms with Gasteiger partial charge in [-0.05, 0) is 30.2 Å². The lowest BCUT2D eigenvalue weighted by Crippen LogP contribution is -2.27. The van der Waals surface area contributed by atoms with Crippen LogP contribution in [-0.2, 0) is 6.54 Å². The first-order valence-electron chi connectivity index (χ1n) is 8.08. The van der Waals surface area contributed by atoms with Gasteiger partial charge in [-0.15, -0.1) is 0 Å². The Hall–Kier alpha value is -3.21. The van der Waals surface area contributed by atoms with Gasteiger partial charge in [0.2, 0.25) is 0 Å². The molecule has 0 saturated carbocycles. The predicted octanol–water partition coefficient (Wildman–Crippen LogP) is 3.67. The fourth-order valence-electron chi connectivity index (χ4n) is 2.51. The number of aryl methyl sites for hydroxylation is 1. The zero-order valence-electron chi connectivity index (χ0n) is 14.3. The van der Waals surface area contributed by atoms with Gasteiger partial charge in [0, 0.05) is 25.3 Å². The van der Waals surface area contributed by atoms with Crippen LogP contribution in [0.15, 0.2) is 67.0 Å². The van der Waals surface area contributed by atoms with Gasteiger partial charge in [0.1, 0.15) is 17.8 Å². The molecule has 0 aliphatic rings. The molecule has 3 aromatic rings. The molecule has 5 nitrogen and oxygen atoms in total. The monoisotopic (exact) mass is 332 g/mol. The zero-order chi connectivity index (χ0) is 17.6. The quantitative estimate of drug-likeness (QED) is 0.774. The van der Waals surface area contributed by atoms with Crippen LogP contribution in [0.25, 0.3) is 0 Å². The van der Waals surface area contributed by atoms with Crippen LogP contribution in [0.2, 0.25) is 0 Å². The Kier molecular flexibility index (Phi) is 5.04. The maximum Gasteiger partial charge on any atom is 0.276 e. The van der Waals surface area contributed by atoms with Gasteiger partial charge in [0.15, 0.2) is 0 Å². The molecule has 1 heterocycles. The Balaban J connectivity index is 1.73. The van der Waals surface area contributed by atoms with Crippen molar-refractivity contribution in [3.63, 3.8) is 0 Å². The molecule has 126 valence electrons. The highest BCUT2D eigenvalue weighted by atomic mass is 16.2. The number of carbonyl (C=O) groups is 1. The highest BCUT2D eigenvalue weighted by molar-refractivity contribution is 6.04. The van der Waals surface area contributed by atoms with Crippen LogP contribution < -0.4 is 10.2 Å². The minimum atomic E-state index is -0.174. The average Bonchev–Trinajstić information content (AvgIpc) is 2.67. The van der Waals surface area contributed by atoms with Crippen molar-refractivity contribution in [3.05, 3.63) is 83.8 Å². The lowest BCUT2D eigenvalue weighted by atomic mass is 10.1. The maximum absolute atomic E-state index is 12.6. The van der Waals surface area contributed by atoms with E-state index in [2.05, 4.69) is 34.3 Å². The van der Waals surface area contributed by atoms with Crippen molar-refractivity contribution >= 4 is 17.4 Å². The molecule has 0 aliphatic heterocycles. The molecule has 1 N–H and O–H groups in total. The van der Waals surface area contributed by atoms with Crippen molar-refractivity contribution in [2.24, 2.45) is 0 Å². The van der Waals surface area contributed by atoms with E-state index in [1.54, 1.807) is 18.0 Å². The van der Waals surface area contributed by atoms with Gasteiger partial charge in [-0.25, -0.2) is 9.97 Å². The first-order chi connectivity index (χ1) is 12.1. The van der Waals surface area contributed by atoms with Crippen LogP contribution in [-0.4, -0.2) is 22.9 Å². The number of hydrogen-bond donors (Lipinski definition) is 1. The van der Waals surface area contributed by atoms with E-state index in [-0.39, 0.29) is 5.91 Å². The minimum absolute atomic E-state index is 0.174. The number of carbonyl (C=O) groups excluding carboxylic acids is 1. The summed E-state index contributed by atoms with van der Waals surface area (Å²) in [6.07, 6.45) is 1.41. The topological polar surface area (TPSA) is 58.1 Å². The number of benzene rings is 2. The van der Waals surface area contributed by atoms with Crippen molar-refractivity contribution in [2.75, 3.05) is 17.3 Å². The molecular formula is C20H20N4O. The second kappa shape index (κ2) is 7.57. The van der Waals surface area contributed by atoms with Crippen LogP contribution in [0, 0.1) is 6.92 Å². The minimum Gasteiger partial charge on any atom is -0.366 e. The van der Waals surface area contributed by atoms with Gasteiger partial charge in [-0.2, -0.15) is 0 Å². The van der Waals surface area contributed by atoms with Crippen LogP contribution in [0.4, 0.5) is 11.5 Å². The number of hydrogen-bond acceptors (Lipinski definition) is 4. The zero-order valence-corrected chi connectivity index (χ0v) is 14.3. The molecule has 0 aliphatic carbocycles. The lowest BCUT2D eigenvalue weighted by molar-refractivity contribution is 0.0988. The van der Waals surface area contributed by atoms with Gasteiger partial charge in [-0.3, -0.25) is 4.79 Å². The molecule has 25 heavy (non-hydrogen) atoms. The molecule has 0 spiro atoms. The SMILES string of the molecule is Cc1ccccc1CNc1cc(C(=O)N(C)c2ccccc2)ncn1. The van der Waals surface area contributed by atoms with E-state index in [0.717, 1.165) is 5.69 Å². The molecule has 1 aromatic heterocycles. The third kappa shape index (κ3) is 4.01. The summed E-state index contributed by atoms with van der Waals surface area (Å²) in [5.74, 6) is 0.454. The number of aromatic nitrogens is 2. The number of para-hydroxylation sites is 1. The largest absolute Gasteiger partial charge is 0.366 e.